The van der Waals surface area contributed by atoms with Crippen molar-refractivity contribution >= 4 is 15.9 Å². The topological polar surface area (TPSA) is 9.23 Å². The molecule has 1 nitrogen and oxygen atoms in total. The first-order chi connectivity index (χ1) is 4.70. The van der Waals surface area contributed by atoms with Crippen molar-refractivity contribution in [2.24, 2.45) is 0 Å². The lowest BCUT2D eigenvalue weighted by Crippen LogP contribution is -2.21. The van der Waals surface area contributed by atoms with Crippen LogP contribution in [0.3, 0.4) is 0 Å². The van der Waals surface area contributed by atoms with Crippen LogP contribution in [0.1, 0.15) is 33.1 Å². The van der Waals surface area contributed by atoms with E-state index in [0.717, 1.165) is 0 Å². The minimum Gasteiger partial charge on any atom is -0.374 e. The Balaban J connectivity index is 2.26. The van der Waals surface area contributed by atoms with Crippen LogP contribution in [-0.4, -0.2) is 17.0 Å². The maximum Gasteiger partial charge on any atom is 0.0703 e. The van der Waals surface area contributed by atoms with E-state index in [4.69, 9.17) is 4.74 Å². The smallest absolute Gasteiger partial charge is 0.0703 e. The highest BCUT2D eigenvalue weighted by molar-refractivity contribution is 9.09. The van der Waals surface area contributed by atoms with Gasteiger partial charge in [-0.25, -0.2) is 0 Å². The molecule has 0 aromatic rings. The molecule has 0 N–H and O–H groups in total. The van der Waals surface area contributed by atoms with E-state index in [0.29, 0.717) is 17.0 Å². The lowest BCUT2D eigenvalue weighted by atomic mass is 10.3. The van der Waals surface area contributed by atoms with Crippen LogP contribution in [0.15, 0.2) is 0 Å². The van der Waals surface area contributed by atoms with Gasteiger partial charge in [-0.2, -0.15) is 0 Å². The largest absolute Gasteiger partial charge is 0.374 e. The number of hydrogen-bond acceptors (Lipinski definition) is 1. The maximum absolute atomic E-state index is 5.68. The number of rotatable bonds is 2. The minimum atomic E-state index is 0.378. The Morgan fingerprint density at radius 2 is 2.10 bits per heavy atom. The van der Waals surface area contributed by atoms with Gasteiger partial charge in [0.1, 0.15) is 0 Å². The van der Waals surface area contributed by atoms with Crippen molar-refractivity contribution in [1.29, 1.82) is 0 Å². The molecule has 0 radical (unpaired) electrons. The van der Waals surface area contributed by atoms with Crippen LogP contribution in [0.5, 0.6) is 0 Å². The molecule has 0 aliphatic heterocycles. The Labute approximate surface area is 71.3 Å². The normalized spacial score (nSPS) is 33.6. The zero-order valence-electron chi connectivity index (χ0n) is 6.64. The summed E-state index contributed by atoms with van der Waals surface area (Å²) >= 11 is 3.61. The second-order valence-electron chi connectivity index (χ2n) is 3.17. The van der Waals surface area contributed by atoms with E-state index >= 15 is 0 Å². The van der Waals surface area contributed by atoms with E-state index in [1.165, 1.54) is 19.3 Å². The molecule has 1 aliphatic carbocycles. The van der Waals surface area contributed by atoms with Gasteiger partial charge in [0.25, 0.3) is 0 Å². The molecule has 2 heteroatoms. The first-order valence-corrected chi connectivity index (χ1v) is 4.91. The van der Waals surface area contributed by atoms with Gasteiger partial charge in [0, 0.05) is 4.83 Å². The Morgan fingerprint density at radius 1 is 1.40 bits per heavy atom. The van der Waals surface area contributed by atoms with Crippen LogP contribution < -0.4 is 0 Å². The SMILES string of the molecule is CC(C)OC1CCCC1Br. The summed E-state index contributed by atoms with van der Waals surface area (Å²) < 4.78 is 5.68. The fourth-order valence-electron chi connectivity index (χ4n) is 1.38. The number of alkyl halides is 1. The van der Waals surface area contributed by atoms with E-state index in [-0.39, 0.29) is 0 Å². The van der Waals surface area contributed by atoms with Gasteiger partial charge < -0.3 is 4.74 Å². The number of halogens is 1. The number of ether oxygens (including phenoxy) is 1. The van der Waals surface area contributed by atoms with Crippen LogP contribution in [0, 0.1) is 0 Å². The highest BCUT2D eigenvalue weighted by Crippen LogP contribution is 2.28. The zero-order chi connectivity index (χ0) is 7.56. The van der Waals surface area contributed by atoms with Gasteiger partial charge in [0.15, 0.2) is 0 Å². The standard InChI is InChI=1S/C8H15BrO/c1-6(2)10-8-5-3-4-7(8)9/h6-8H,3-5H2,1-2H3. The summed E-state index contributed by atoms with van der Waals surface area (Å²) in [5.41, 5.74) is 0. The minimum absolute atomic E-state index is 0.378. The summed E-state index contributed by atoms with van der Waals surface area (Å²) in [6, 6.07) is 0. The van der Waals surface area contributed by atoms with Crippen LogP contribution in [0.25, 0.3) is 0 Å². The third kappa shape index (κ3) is 2.24. The maximum atomic E-state index is 5.68. The van der Waals surface area contributed by atoms with Crippen molar-refractivity contribution in [3.8, 4) is 0 Å². The van der Waals surface area contributed by atoms with E-state index in [1.54, 1.807) is 0 Å². The van der Waals surface area contributed by atoms with Crippen molar-refractivity contribution in [1.82, 2.24) is 0 Å². The van der Waals surface area contributed by atoms with Gasteiger partial charge in [-0.15, -0.1) is 0 Å². The molecule has 60 valence electrons. The third-order valence-corrected chi connectivity index (χ3v) is 2.87. The second kappa shape index (κ2) is 3.72. The summed E-state index contributed by atoms with van der Waals surface area (Å²) in [6.45, 7) is 4.19. The summed E-state index contributed by atoms with van der Waals surface area (Å²) in [5.74, 6) is 0. The Kier molecular flexibility index (Phi) is 3.18. The van der Waals surface area contributed by atoms with Crippen molar-refractivity contribution in [2.45, 2.75) is 50.1 Å². The molecular formula is C8H15BrO. The average molecular weight is 207 g/mol. The molecule has 2 atom stereocenters. The molecule has 10 heavy (non-hydrogen) atoms. The molecule has 1 fully saturated rings. The highest BCUT2D eigenvalue weighted by Gasteiger charge is 2.25. The molecular weight excluding hydrogens is 192 g/mol. The van der Waals surface area contributed by atoms with Gasteiger partial charge >= 0.3 is 0 Å². The van der Waals surface area contributed by atoms with Crippen LogP contribution >= 0.6 is 15.9 Å². The van der Waals surface area contributed by atoms with Gasteiger partial charge in [-0.05, 0) is 33.1 Å². The summed E-state index contributed by atoms with van der Waals surface area (Å²) in [7, 11) is 0. The van der Waals surface area contributed by atoms with Crippen molar-refractivity contribution in [2.75, 3.05) is 0 Å². The first-order valence-electron chi connectivity index (χ1n) is 3.99. The first kappa shape index (κ1) is 8.54. The molecule has 0 spiro atoms. The van der Waals surface area contributed by atoms with E-state index < -0.39 is 0 Å². The fourth-order valence-corrected chi connectivity index (χ4v) is 2.10. The molecule has 0 amide bonds. The molecule has 1 rings (SSSR count). The van der Waals surface area contributed by atoms with E-state index in [1.807, 2.05) is 0 Å². The van der Waals surface area contributed by atoms with Crippen molar-refractivity contribution in [3.63, 3.8) is 0 Å². The van der Waals surface area contributed by atoms with Crippen molar-refractivity contribution < 1.29 is 4.74 Å². The molecule has 0 heterocycles. The second-order valence-corrected chi connectivity index (χ2v) is 4.35. The van der Waals surface area contributed by atoms with Crippen LogP contribution in [0.2, 0.25) is 0 Å². The quantitative estimate of drug-likeness (QED) is 0.632. The van der Waals surface area contributed by atoms with Crippen molar-refractivity contribution in [3.05, 3.63) is 0 Å². The predicted molar refractivity (Wildman–Crippen MR) is 46.6 cm³/mol. The summed E-state index contributed by atoms with van der Waals surface area (Å²) in [4.78, 5) is 0.606. The molecule has 0 aromatic heterocycles. The Morgan fingerprint density at radius 3 is 2.50 bits per heavy atom. The third-order valence-electron chi connectivity index (χ3n) is 1.82. The Bertz CT molecular complexity index is 103. The van der Waals surface area contributed by atoms with Gasteiger partial charge in [-0.3, -0.25) is 0 Å². The molecule has 0 saturated heterocycles. The van der Waals surface area contributed by atoms with Gasteiger partial charge in [-0.1, -0.05) is 15.9 Å². The molecule has 2 unspecified atom stereocenters. The molecule has 1 saturated carbocycles. The van der Waals surface area contributed by atoms with Crippen LogP contribution in [0.4, 0.5) is 0 Å². The molecule has 1 aliphatic rings. The van der Waals surface area contributed by atoms with E-state index in [9.17, 15) is 0 Å². The predicted octanol–water partition coefficient (Wildman–Crippen LogP) is 2.73. The summed E-state index contributed by atoms with van der Waals surface area (Å²) in [6.07, 6.45) is 4.67. The summed E-state index contributed by atoms with van der Waals surface area (Å²) in [5, 5.41) is 0. The zero-order valence-corrected chi connectivity index (χ0v) is 8.23. The lowest BCUT2D eigenvalue weighted by molar-refractivity contribution is 0.0164. The highest BCUT2D eigenvalue weighted by atomic mass is 79.9. The fraction of sp³-hybridized carbons (Fsp3) is 1.00. The number of hydrogen-bond donors (Lipinski definition) is 0. The van der Waals surface area contributed by atoms with Gasteiger partial charge in [0.05, 0.1) is 12.2 Å². The lowest BCUT2D eigenvalue weighted by Gasteiger charge is -2.17. The van der Waals surface area contributed by atoms with E-state index in [2.05, 4.69) is 29.8 Å². The van der Waals surface area contributed by atoms with Gasteiger partial charge in [0.2, 0.25) is 0 Å². The monoisotopic (exact) mass is 206 g/mol. The molecule has 0 bridgehead atoms. The molecule has 0 aromatic carbocycles. The Hall–Kier alpha value is 0.440. The van der Waals surface area contributed by atoms with Crippen LogP contribution in [-0.2, 0) is 4.74 Å². The average Bonchev–Trinajstić information content (AvgIpc) is 2.15.